The van der Waals surface area contributed by atoms with Crippen LogP contribution in [0, 0.1) is 6.92 Å². The number of hydrogen-bond donors (Lipinski definition) is 1. The molecule has 1 heterocycles. The van der Waals surface area contributed by atoms with E-state index in [9.17, 15) is 13.2 Å². The van der Waals surface area contributed by atoms with E-state index in [0.29, 0.717) is 5.69 Å². The van der Waals surface area contributed by atoms with Gasteiger partial charge in [-0.05, 0) is 40.7 Å². The Kier molecular flexibility index (Phi) is 4.66. The molecule has 7 heteroatoms. The Labute approximate surface area is 120 Å². The summed E-state index contributed by atoms with van der Waals surface area (Å²) in [4.78, 5) is 11.9. The number of carbonyl (C=O) groups is 1. The average Bonchev–Trinajstić information content (AvgIpc) is 2.53. The molecular weight excluding hydrogens is 280 g/mol. The second-order valence-electron chi connectivity index (χ2n) is 5.61. The molecule has 0 aromatic carbocycles. The van der Waals surface area contributed by atoms with Crippen molar-refractivity contribution in [3.63, 3.8) is 0 Å². The largest absolute Gasteiger partial charge is 0.461 e. The lowest BCUT2D eigenvalue weighted by Crippen LogP contribution is -2.40. The Morgan fingerprint density at radius 3 is 2.40 bits per heavy atom. The third kappa shape index (κ3) is 3.61. The molecule has 1 rings (SSSR count). The molecule has 0 spiro atoms. The van der Waals surface area contributed by atoms with Crippen LogP contribution < -0.4 is 4.72 Å². The van der Waals surface area contributed by atoms with E-state index in [1.807, 2.05) is 0 Å². The van der Waals surface area contributed by atoms with Gasteiger partial charge in [-0.2, -0.15) is 0 Å². The summed E-state index contributed by atoms with van der Waals surface area (Å²) >= 11 is 0. The highest BCUT2D eigenvalue weighted by atomic mass is 32.2. The lowest BCUT2D eigenvalue weighted by atomic mass is 10.1. The molecule has 1 N–H and O–H groups in total. The summed E-state index contributed by atoms with van der Waals surface area (Å²) in [6.45, 7) is 8.87. The maximum atomic E-state index is 12.3. The molecule has 0 radical (unpaired) electrons. The summed E-state index contributed by atoms with van der Waals surface area (Å²) in [7, 11) is -2.04. The van der Waals surface area contributed by atoms with Crippen LogP contribution >= 0.6 is 0 Å². The van der Waals surface area contributed by atoms with Gasteiger partial charge in [0.1, 0.15) is 10.6 Å². The first-order valence-corrected chi connectivity index (χ1v) is 7.85. The molecule has 0 aliphatic heterocycles. The minimum Gasteiger partial charge on any atom is -0.461 e. The Hall–Kier alpha value is -1.34. The van der Waals surface area contributed by atoms with Gasteiger partial charge in [-0.1, -0.05) is 0 Å². The number of nitrogens with one attached hydrogen (secondary N) is 1. The summed E-state index contributed by atoms with van der Waals surface area (Å²) < 4.78 is 33.7. The topological polar surface area (TPSA) is 77.4 Å². The fraction of sp³-hybridized carbons (Fsp3) is 0.615. The molecule has 0 amide bonds. The second kappa shape index (κ2) is 5.57. The van der Waals surface area contributed by atoms with E-state index < -0.39 is 21.5 Å². The molecule has 6 nitrogen and oxygen atoms in total. The fourth-order valence-electron chi connectivity index (χ4n) is 1.80. The number of ether oxygens (including phenoxy) is 1. The maximum absolute atomic E-state index is 12.3. The van der Waals surface area contributed by atoms with E-state index in [1.165, 1.54) is 10.6 Å². The number of nitrogens with zero attached hydrogens (tertiary/aromatic N) is 1. The van der Waals surface area contributed by atoms with Gasteiger partial charge < -0.3 is 9.30 Å². The average molecular weight is 302 g/mol. The van der Waals surface area contributed by atoms with Crippen molar-refractivity contribution in [1.29, 1.82) is 0 Å². The minimum atomic E-state index is -3.68. The number of carbonyl (C=O) groups excluding carboxylic acids is 1. The van der Waals surface area contributed by atoms with E-state index >= 15 is 0 Å². The minimum absolute atomic E-state index is 0.0954. The Balaban J connectivity index is 3.28. The summed E-state index contributed by atoms with van der Waals surface area (Å²) in [5.74, 6) is -0.532. The first-order valence-electron chi connectivity index (χ1n) is 6.37. The Morgan fingerprint density at radius 2 is 1.95 bits per heavy atom. The molecule has 0 saturated heterocycles. The smallest absolute Gasteiger partial charge is 0.354 e. The van der Waals surface area contributed by atoms with Crippen LogP contribution in [-0.2, 0) is 21.8 Å². The standard InChI is InChI=1S/C13H22N2O4S/c1-7-19-12(16)10-8-11(9(2)15(10)6)20(17,18)14-13(3,4)5/h8,14H,7H2,1-6H3. The molecule has 0 aliphatic carbocycles. The van der Waals surface area contributed by atoms with Crippen LogP contribution in [0.15, 0.2) is 11.0 Å². The van der Waals surface area contributed by atoms with Crippen molar-refractivity contribution in [3.8, 4) is 0 Å². The Bertz CT molecular complexity index is 609. The van der Waals surface area contributed by atoms with Crippen molar-refractivity contribution in [2.75, 3.05) is 6.61 Å². The highest BCUT2D eigenvalue weighted by Gasteiger charge is 2.28. The fourth-order valence-corrected chi connectivity index (χ4v) is 3.51. The lowest BCUT2D eigenvalue weighted by Gasteiger charge is -2.20. The lowest BCUT2D eigenvalue weighted by molar-refractivity contribution is 0.0515. The molecule has 20 heavy (non-hydrogen) atoms. The Morgan fingerprint density at radius 1 is 1.40 bits per heavy atom. The molecule has 0 fully saturated rings. The van der Waals surface area contributed by atoms with Crippen LogP contribution in [0.3, 0.4) is 0 Å². The van der Waals surface area contributed by atoms with Gasteiger partial charge in [0.15, 0.2) is 0 Å². The zero-order valence-corrected chi connectivity index (χ0v) is 13.6. The van der Waals surface area contributed by atoms with Crippen molar-refractivity contribution in [2.45, 2.75) is 45.1 Å². The van der Waals surface area contributed by atoms with Crippen molar-refractivity contribution in [1.82, 2.24) is 9.29 Å². The maximum Gasteiger partial charge on any atom is 0.354 e. The summed E-state index contributed by atoms with van der Waals surface area (Å²) in [5.41, 5.74) is 0.119. The van der Waals surface area contributed by atoms with Gasteiger partial charge in [0, 0.05) is 18.3 Å². The molecular formula is C13H22N2O4S. The SMILES string of the molecule is CCOC(=O)c1cc(S(=O)(=O)NC(C)(C)C)c(C)n1C. The summed E-state index contributed by atoms with van der Waals surface area (Å²) in [6.07, 6.45) is 0. The third-order valence-electron chi connectivity index (χ3n) is 2.70. The van der Waals surface area contributed by atoms with Gasteiger partial charge in [-0.25, -0.2) is 17.9 Å². The highest BCUT2D eigenvalue weighted by Crippen LogP contribution is 2.21. The third-order valence-corrected chi connectivity index (χ3v) is 4.58. The molecule has 1 aromatic rings. The predicted octanol–water partition coefficient (Wildman–Crippen LogP) is 1.59. The van der Waals surface area contributed by atoms with Crippen molar-refractivity contribution >= 4 is 16.0 Å². The quantitative estimate of drug-likeness (QED) is 0.857. The monoisotopic (exact) mass is 302 g/mol. The molecule has 0 aliphatic rings. The molecule has 0 saturated carbocycles. The summed E-state index contributed by atoms with van der Waals surface area (Å²) in [6, 6.07) is 1.35. The second-order valence-corrected chi connectivity index (χ2v) is 7.27. The van der Waals surface area contributed by atoms with Gasteiger partial charge in [0.2, 0.25) is 10.0 Å². The predicted molar refractivity (Wildman–Crippen MR) is 76.2 cm³/mol. The van der Waals surface area contributed by atoms with Crippen LogP contribution in [0.25, 0.3) is 0 Å². The first kappa shape index (κ1) is 16.7. The number of hydrogen-bond acceptors (Lipinski definition) is 4. The molecule has 0 unspecified atom stereocenters. The molecule has 0 atom stereocenters. The molecule has 1 aromatic heterocycles. The van der Waals surface area contributed by atoms with Gasteiger partial charge in [-0.15, -0.1) is 0 Å². The van der Waals surface area contributed by atoms with E-state index in [1.54, 1.807) is 41.7 Å². The van der Waals surface area contributed by atoms with Crippen molar-refractivity contribution in [2.24, 2.45) is 7.05 Å². The van der Waals surface area contributed by atoms with Crippen LogP contribution in [-0.4, -0.2) is 31.1 Å². The van der Waals surface area contributed by atoms with Crippen molar-refractivity contribution in [3.05, 3.63) is 17.5 Å². The van der Waals surface area contributed by atoms with Crippen molar-refractivity contribution < 1.29 is 17.9 Å². The van der Waals surface area contributed by atoms with E-state index in [4.69, 9.17) is 4.74 Å². The van der Waals surface area contributed by atoms with Crippen LogP contribution in [0.2, 0.25) is 0 Å². The van der Waals surface area contributed by atoms with Crippen LogP contribution in [0.5, 0.6) is 0 Å². The van der Waals surface area contributed by atoms with E-state index in [-0.39, 0.29) is 17.2 Å². The molecule has 0 bridgehead atoms. The molecule has 114 valence electrons. The van der Waals surface area contributed by atoms with Crippen LogP contribution in [0.1, 0.15) is 43.9 Å². The zero-order chi connectivity index (χ0) is 15.7. The normalized spacial score (nSPS) is 12.5. The van der Waals surface area contributed by atoms with Gasteiger partial charge in [0.05, 0.1) is 6.61 Å². The van der Waals surface area contributed by atoms with E-state index in [2.05, 4.69) is 4.72 Å². The zero-order valence-electron chi connectivity index (χ0n) is 12.8. The number of sulfonamides is 1. The van der Waals surface area contributed by atoms with Gasteiger partial charge >= 0.3 is 5.97 Å². The highest BCUT2D eigenvalue weighted by molar-refractivity contribution is 7.89. The van der Waals surface area contributed by atoms with Gasteiger partial charge in [0.25, 0.3) is 0 Å². The van der Waals surface area contributed by atoms with Gasteiger partial charge in [-0.3, -0.25) is 0 Å². The number of rotatable bonds is 4. The first-order chi connectivity index (χ1) is 8.99. The van der Waals surface area contributed by atoms with E-state index in [0.717, 1.165) is 0 Å². The van der Waals surface area contributed by atoms with Crippen LogP contribution in [0.4, 0.5) is 0 Å². The number of esters is 1. The number of aromatic nitrogens is 1. The summed E-state index contributed by atoms with van der Waals surface area (Å²) in [5, 5.41) is 0.